The van der Waals surface area contributed by atoms with Gasteiger partial charge in [-0.3, -0.25) is 4.79 Å². The molecule has 1 unspecified atom stereocenters. The number of hydrogen-bond donors (Lipinski definition) is 2. The molecule has 0 saturated heterocycles. The van der Waals surface area contributed by atoms with Crippen molar-refractivity contribution in [1.82, 2.24) is 0 Å². The van der Waals surface area contributed by atoms with Gasteiger partial charge < -0.3 is 14.9 Å². The highest BCUT2D eigenvalue weighted by Gasteiger charge is 2.13. The Hall–Kier alpha value is -1.27. The lowest BCUT2D eigenvalue weighted by atomic mass is 10.0. The molecule has 5 heteroatoms. The van der Waals surface area contributed by atoms with E-state index in [0.717, 1.165) is 27.8 Å². The SMILES string of the molecule is COC(O)CCC(=O)c1cc2cc(CCCO)c(C)cc2s1. The number of fused-ring (bicyclic) bond motifs is 1. The Morgan fingerprint density at radius 2 is 2.14 bits per heavy atom. The molecule has 0 aliphatic rings. The Morgan fingerprint density at radius 1 is 1.36 bits per heavy atom. The van der Waals surface area contributed by atoms with Crippen molar-refractivity contribution in [3.8, 4) is 0 Å². The van der Waals surface area contributed by atoms with Gasteiger partial charge in [0.05, 0.1) is 4.88 Å². The topological polar surface area (TPSA) is 66.8 Å². The van der Waals surface area contributed by atoms with Gasteiger partial charge in [-0.15, -0.1) is 11.3 Å². The number of ether oxygens (including phenoxy) is 1. The molecule has 22 heavy (non-hydrogen) atoms. The van der Waals surface area contributed by atoms with Crippen molar-refractivity contribution in [2.45, 2.75) is 38.9 Å². The highest BCUT2D eigenvalue weighted by atomic mass is 32.1. The Bertz CT molecular complexity index is 647. The summed E-state index contributed by atoms with van der Waals surface area (Å²) in [5.41, 5.74) is 2.41. The molecule has 2 N–H and O–H groups in total. The molecule has 120 valence electrons. The van der Waals surface area contributed by atoms with Crippen LogP contribution < -0.4 is 0 Å². The Kier molecular flexibility index (Phi) is 6.08. The molecule has 1 atom stereocenters. The second-order valence-corrected chi connectivity index (χ2v) is 6.49. The number of carbonyl (C=O) groups is 1. The van der Waals surface area contributed by atoms with E-state index in [2.05, 4.69) is 19.1 Å². The van der Waals surface area contributed by atoms with Crippen molar-refractivity contribution < 1.29 is 19.7 Å². The summed E-state index contributed by atoms with van der Waals surface area (Å²) in [7, 11) is 1.42. The number of aliphatic hydroxyl groups excluding tert-OH is 2. The van der Waals surface area contributed by atoms with Gasteiger partial charge >= 0.3 is 0 Å². The van der Waals surface area contributed by atoms with Gasteiger partial charge in [0.25, 0.3) is 0 Å². The number of benzene rings is 1. The smallest absolute Gasteiger partial charge is 0.173 e. The molecule has 2 aromatic rings. The maximum Gasteiger partial charge on any atom is 0.173 e. The zero-order valence-electron chi connectivity index (χ0n) is 13.0. The molecule has 0 radical (unpaired) electrons. The summed E-state index contributed by atoms with van der Waals surface area (Å²) in [6, 6.07) is 6.13. The quantitative estimate of drug-likeness (QED) is 0.579. The molecule has 0 aliphatic heterocycles. The molecule has 0 aliphatic carbocycles. The van der Waals surface area contributed by atoms with E-state index in [0.29, 0.717) is 6.42 Å². The van der Waals surface area contributed by atoms with Crippen molar-refractivity contribution in [3.63, 3.8) is 0 Å². The van der Waals surface area contributed by atoms with Crippen LogP contribution in [-0.4, -0.2) is 36.0 Å². The minimum atomic E-state index is -0.884. The minimum absolute atomic E-state index is 0.0341. The fourth-order valence-electron chi connectivity index (χ4n) is 2.41. The molecule has 2 rings (SSSR count). The third-order valence-corrected chi connectivity index (χ3v) is 4.88. The summed E-state index contributed by atoms with van der Waals surface area (Å²) in [6.07, 6.45) is 1.29. The standard InChI is InChI=1S/C17H22O4S/c1-11-8-15-13(9-12(11)4-3-7-18)10-16(22-15)14(19)5-6-17(20)21-2/h8-10,17-18,20H,3-7H2,1-2H3. The van der Waals surface area contributed by atoms with Crippen molar-refractivity contribution in [3.05, 3.63) is 34.2 Å². The van der Waals surface area contributed by atoms with Gasteiger partial charge in [-0.05, 0) is 48.4 Å². The number of Topliss-reactive ketones (excluding diaryl/α,β-unsaturated/α-hetero) is 1. The van der Waals surface area contributed by atoms with E-state index >= 15 is 0 Å². The average molecular weight is 322 g/mol. The van der Waals surface area contributed by atoms with E-state index < -0.39 is 6.29 Å². The lowest BCUT2D eigenvalue weighted by Crippen LogP contribution is -2.11. The maximum absolute atomic E-state index is 12.2. The summed E-state index contributed by atoms with van der Waals surface area (Å²) in [4.78, 5) is 12.9. The number of thiophene rings is 1. The molecule has 1 aromatic carbocycles. The molecule has 0 saturated carbocycles. The first-order chi connectivity index (χ1) is 10.5. The number of carbonyl (C=O) groups excluding carboxylic acids is 1. The largest absolute Gasteiger partial charge is 0.396 e. The molecule has 0 fully saturated rings. The van der Waals surface area contributed by atoms with E-state index in [1.54, 1.807) is 0 Å². The molecule has 1 heterocycles. The second-order valence-electron chi connectivity index (χ2n) is 5.41. The first kappa shape index (κ1) is 17.1. The molecule has 4 nitrogen and oxygen atoms in total. The highest BCUT2D eigenvalue weighted by Crippen LogP contribution is 2.30. The van der Waals surface area contributed by atoms with Crippen LogP contribution in [0.2, 0.25) is 0 Å². The molecular formula is C17H22O4S. The summed E-state index contributed by atoms with van der Waals surface area (Å²) in [6.45, 7) is 2.25. The van der Waals surface area contributed by atoms with Gasteiger partial charge in [-0.1, -0.05) is 6.07 Å². The predicted molar refractivity (Wildman–Crippen MR) is 88.5 cm³/mol. The third kappa shape index (κ3) is 4.14. The van der Waals surface area contributed by atoms with Crippen molar-refractivity contribution in [2.24, 2.45) is 0 Å². The Balaban J connectivity index is 2.17. The number of ketones is 1. The van der Waals surface area contributed by atoms with E-state index in [9.17, 15) is 9.90 Å². The fraction of sp³-hybridized carbons (Fsp3) is 0.471. The predicted octanol–water partition coefficient (Wildman–Crippen LogP) is 3.06. The summed E-state index contributed by atoms with van der Waals surface area (Å²) < 4.78 is 5.85. The van der Waals surface area contributed by atoms with Crippen LogP contribution in [0.5, 0.6) is 0 Å². The molecule has 0 bridgehead atoms. The normalized spacial score (nSPS) is 12.7. The van der Waals surface area contributed by atoms with Crippen LogP contribution in [0.25, 0.3) is 10.1 Å². The zero-order valence-corrected chi connectivity index (χ0v) is 13.8. The molecule has 1 aromatic heterocycles. The van der Waals surface area contributed by atoms with Crippen LogP contribution in [0.15, 0.2) is 18.2 Å². The maximum atomic E-state index is 12.2. The molecule has 0 spiro atoms. The van der Waals surface area contributed by atoms with E-state index in [1.165, 1.54) is 29.6 Å². The van der Waals surface area contributed by atoms with Crippen LogP contribution in [-0.2, 0) is 11.2 Å². The number of aliphatic hydroxyl groups is 2. The first-order valence-corrected chi connectivity index (χ1v) is 8.24. The van der Waals surface area contributed by atoms with Crippen LogP contribution >= 0.6 is 11.3 Å². The molecule has 0 amide bonds. The van der Waals surface area contributed by atoms with Gasteiger partial charge in [-0.2, -0.15) is 0 Å². The van der Waals surface area contributed by atoms with Crippen LogP contribution in [0.3, 0.4) is 0 Å². The monoisotopic (exact) mass is 322 g/mol. The van der Waals surface area contributed by atoms with Gasteiger partial charge in [0, 0.05) is 31.3 Å². The summed E-state index contributed by atoms with van der Waals surface area (Å²) in [5, 5.41) is 19.4. The van der Waals surface area contributed by atoms with Gasteiger partial charge in [-0.25, -0.2) is 0 Å². The van der Waals surface area contributed by atoms with Gasteiger partial charge in [0.15, 0.2) is 12.1 Å². The fourth-order valence-corrected chi connectivity index (χ4v) is 3.52. The third-order valence-electron chi connectivity index (χ3n) is 3.74. The average Bonchev–Trinajstić information content (AvgIpc) is 2.92. The lowest BCUT2D eigenvalue weighted by Gasteiger charge is -2.05. The second kappa shape index (κ2) is 7.83. The Morgan fingerprint density at radius 3 is 2.82 bits per heavy atom. The highest BCUT2D eigenvalue weighted by molar-refractivity contribution is 7.20. The van der Waals surface area contributed by atoms with E-state index in [4.69, 9.17) is 9.84 Å². The van der Waals surface area contributed by atoms with E-state index in [1.807, 2.05) is 6.07 Å². The van der Waals surface area contributed by atoms with Crippen molar-refractivity contribution in [2.75, 3.05) is 13.7 Å². The zero-order chi connectivity index (χ0) is 16.1. The number of aryl methyl sites for hydroxylation is 2. The van der Waals surface area contributed by atoms with Gasteiger partial charge in [0.2, 0.25) is 0 Å². The minimum Gasteiger partial charge on any atom is -0.396 e. The lowest BCUT2D eigenvalue weighted by molar-refractivity contribution is -0.0777. The number of hydrogen-bond acceptors (Lipinski definition) is 5. The van der Waals surface area contributed by atoms with Crippen LogP contribution in [0.4, 0.5) is 0 Å². The van der Waals surface area contributed by atoms with Crippen LogP contribution in [0.1, 0.15) is 40.1 Å². The summed E-state index contributed by atoms with van der Waals surface area (Å²) in [5.74, 6) is 0.0341. The number of rotatable bonds is 8. The van der Waals surface area contributed by atoms with Crippen molar-refractivity contribution >= 4 is 27.2 Å². The summed E-state index contributed by atoms with van der Waals surface area (Å²) >= 11 is 1.49. The van der Waals surface area contributed by atoms with Gasteiger partial charge in [0.1, 0.15) is 0 Å². The van der Waals surface area contributed by atoms with Crippen molar-refractivity contribution in [1.29, 1.82) is 0 Å². The Labute approximate surface area is 134 Å². The first-order valence-electron chi connectivity index (χ1n) is 7.43. The number of methoxy groups -OCH3 is 1. The van der Waals surface area contributed by atoms with Crippen LogP contribution in [0, 0.1) is 6.92 Å². The van der Waals surface area contributed by atoms with E-state index in [-0.39, 0.29) is 18.8 Å². The molecular weight excluding hydrogens is 300 g/mol.